The SMILES string of the molecule is Cc1n[nH]c2c(Br)[c]ccc12. The highest BCUT2D eigenvalue weighted by Gasteiger charge is 2.02. The van der Waals surface area contributed by atoms with Crippen LogP contribution in [-0.4, -0.2) is 10.2 Å². The first-order valence-electron chi connectivity index (χ1n) is 3.30. The Hall–Kier alpha value is -0.830. The topological polar surface area (TPSA) is 28.7 Å². The monoisotopic (exact) mass is 209 g/mol. The number of aromatic amines is 1. The van der Waals surface area contributed by atoms with Crippen LogP contribution >= 0.6 is 15.9 Å². The van der Waals surface area contributed by atoms with Crippen molar-refractivity contribution in [2.45, 2.75) is 6.92 Å². The highest BCUT2D eigenvalue weighted by molar-refractivity contribution is 9.10. The molecule has 1 aromatic carbocycles. The molecular weight excluding hydrogens is 204 g/mol. The maximum atomic E-state index is 4.08. The zero-order valence-electron chi connectivity index (χ0n) is 5.98. The van der Waals surface area contributed by atoms with Gasteiger partial charge in [0.25, 0.3) is 0 Å². The first kappa shape index (κ1) is 6.85. The first-order valence-corrected chi connectivity index (χ1v) is 4.09. The van der Waals surface area contributed by atoms with Crippen LogP contribution in [-0.2, 0) is 0 Å². The molecule has 0 aliphatic heterocycles. The molecule has 0 saturated heterocycles. The Morgan fingerprint density at radius 2 is 2.45 bits per heavy atom. The molecule has 0 spiro atoms. The highest BCUT2D eigenvalue weighted by atomic mass is 79.9. The van der Waals surface area contributed by atoms with Crippen LogP contribution in [0.3, 0.4) is 0 Å². The third-order valence-electron chi connectivity index (χ3n) is 1.67. The summed E-state index contributed by atoms with van der Waals surface area (Å²) in [6.07, 6.45) is 0. The van der Waals surface area contributed by atoms with E-state index in [2.05, 4.69) is 32.2 Å². The fourth-order valence-electron chi connectivity index (χ4n) is 1.08. The molecule has 0 unspecified atom stereocenters. The normalized spacial score (nSPS) is 10.7. The van der Waals surface area contributed by atoms with Crippen molar-refractivity contribution in [2.75, 3.05) is 0 Å². The van der Waals surface area contributed by atoms with Crippen molar-refractivity contribution in [1.29, 1.82) is 0 Å². The zero-order valence-corrected chi connectivity index (χ0v) is 7.57. The number of hydrogen-bond donors (Lipinski definition) is 1. The molecule has 0 aliphatic carbocycles. The van der Waals surface area contributed by atoms with Crippen molar-refractivity contribution in [3.8, 4) is 0 Å². The summed E-state index contributed by atoms with van der Waals surface area (Å²) in [6.45, 7) is 1.98. The van der Waals surface area contributed by atoms with Gasteiger partial charge in [-0.1, -0.05) is 12.1 Å². The third-order valence-corrected chi connectivity index (χ3v) is 2.30. The van der Waals surface area contributed by atoms with E-state index in [1.807, 2.05) is 19.1 Å². The van der Waals surface area contributed by atoms with Crippen molar-refractivity contribution in [3.63, 3.8) is 0 Å². The van der Waals surface area contributed by atoms with E-state index in [0.29, 0.717) is 0 Å². The molecule has 1 aromatic heterocycles. The summed E-state index contributed by atoms with van der Waals surface area (Å²) >= 11 is 3.38. The number of aryl methyl sites for hydroxylation is 1. The summed E-state index contributed by atoms with van der Waals surface area (Å²) in [7, 11) is 0. The van der Waals surface area contributed by atoms with Crippen molar-refractivity contribution in [3.05, 3.63) is 28.4 Å². The number of rotatable bonds is 0. The average molecular weight is 210 g/mol. The number of H-pyrrole nitrogens is 1. The molecule has 0 atom stereocenters. The molecule has 0 aliphatic rings. The first-order chi connectivity index (χ1) is 5.29. The van der Waals surface area contributed by atoms with Gasteiger partial charge in [0.1, 0.15) is 0 Å². The summed E-state index contributed by atoms with van der Waals surface area (Å²) in [5, 5.41) is 8.16. The minimum absolute atomic E-state index is 0.940. The minimum atomic E-state index is 0.940. The van der Waals surface area contributed by atoms with Crippen LogP contribution in [0.4, 0.5) is 0 Å². The molecule has 3 heteroatoms. The number of fused-ring (bicyclic) bond motifs is 1. The highest BCUT2D eigenvalue weighted by Crippen LogP contribution is 2.22. The van der Waals surface area contributed by atoms with Gasteiger partial charge in [-0.05, 0) is 28.9 Å². The number of nitrogens with one attached hydrogen (secondary N) is 1. The van der Waals surface area contributed by atoms with Gasteiger partial charge >= 0.3 is 0 Å². The lowest BCUT2D eigenvalue weighted by atomic mass is 10.2. The summed E-state index contributed by atoms with van der Waals surface area (Å²) in [5.74, 6) is 0. The smallest absolute Gasteiger partial charge is 0.0801 e. The van der Waals surface area contributed by atoms with Gasteiger partial charge in [0.2, 0.25) is 0 Å². The molecule has 55 valence electrons. The average Bonchev–Trinajstić information content (AvgIpc) is 2.35. The molecule has 2 aromatic rings. The lowest BCUT2D eigenvalue weighted by Crippen LogP contribution is -1.70. The second-order valence-corrected chi connectivity index (χ2v) is 3.18. The number of halogens is 1. The second kappa shape index (κ2) is 2.34. The van der Waals surface area contributed by atoms with Gasteiger partial charge in [-0.25, -0.2) is 0 Å². The van der Waals surface area contributed by atoms with Gasteiger partial charge < -0.3 is 0 Å². The number of nitrogens with zero attached hydrogens (tertiary/aromatic N) is 1. The molecule has 2 rings (SSSR count). The molecule has 11 heavy (non-hydrogen) atoms. The van der Waals surface area contributed by atoms with Gasteiger partial charge in [0.05, 0.1) is 15.7 Å². The van der Waals surface area contributed by atoms with Crippen LogP contribution in [0, 0.1) is 13.0 Å². The van der Waals surface area contributed by atoms with Gasteiger partial charge in [0.15, 0.2) is 0 Å². The van der Waals surface area contributed by atoms with E-state index in [1.54, 1.807) is 0 Å². The summed E-state index contributed by atoms with van der Waals surface area (Å²) in [5.41, 5.74) is 2.04. The number of aromatic nitrogens is 2. The van der Waals surface area contributed by atoms with E-state index in [1.165, 1.54) is 0 Å². The fourth-order valence-corrected chi connectivity index (χ4v) is 1.52. The lowest BCUT2D eigenvalue weighted by molar-refractivity contribution is 1.07. The molecule has 1 N–H and O–H groups in total. The van der Waals surface area contributed by atoms with Crippen LogP contribution in [0.2, 0.25) is 0 Å². The maximum absolute atomic E-state index is 4.08. The Balaban J connectivity index is 2.94. The van der Waals surface area contributed by atoms with Crippen LogP contribution in [0.1, 0.15) is 5.69 Å². The largest absolute Gasteiger partial charge is 0.276 e. The van der Waals surface area contributed by atoms with Crippen molar-refractivity contribution >= 4 is 26.8 Å². The Morgan fingerprint density at radius 3 is 3.18 bits per heavy atom. The van der Waals surface area contributed by atoms with E-state index in [-0.39, 0.29) is 0 Å². The van der Waals surface area contributed by atoms with Crippen molar-refractivity contribution < 1.29 is 0 Å². The molecule has 1 radical (unpaired) electrons. The number of hydrogen-bond acceptors (Lipinski definition) is 1. The van der Waals surface area contributed by atoms with Crippen LogP contribution in [0.5, 0.6) is 0 Å². The maximum Gasteiger partial charge on any atom is 0.0801 e. The number of benzene rings is 1. The van der Waals surface area contributed by atoms with E-state index in [4.69, 9.17) is 0 Å². The summed E-state index contributed by atoms with van der Waals surface area (Å²) < 4.78 is 0.940. The Bertz CT molecular complexity index is 392. The van der Waals surface area contributed by atoms with Crippen molar-refractivity contribution in [2.24, 2.45) is 0 Å². The zero-order chi connectivity index (χ0) is 7.84. The molecule has 0 fully saturated rings. The summed E-state index contributed by atoms with van der Waals surface area (Å²) in [6, 6.07) is 6.92. The van der Waals surface area contributed by atoms with Crippen LogP contribution in [0.25, 0.3) is 10.9 Å². The fraction of sp³-hybridized carbons (Fsp3) is 0.125. The molecule has 2 nitrogen and oxygen atoms in total. The third kappa shape index (κ3) is 0.959. The predicted octanol–water partition coefficient (Wildman–Crippen LogP) is 2.43. The Labute approximate surface area is 72.7 Å². The molecular formula is C8H6BrN2. The molecule has 0 amide bonds. The van der Waals surface area contributed by atoms with Gasteiger partial charge in [-0.2, -0.15) is 5.10 Å². The molecule has 1 heterocycles. The quantitative estimate of drug-likeness (QED) is 0.710. The van der Waals surface area contributed by atoms with Gasteiger partial charge in [-0.15, -0.1) is 0 Å². The van der Waals surface area contributed by atoms with E-state index in [9.17, 15) is 0 Å². The van der Waals surface area contributed by atoms with E-state index >= 15 is 0 Å². The van der Waals surface area contributed by atoms with Crippen LogP contribution in [0.15, 0.2) is 16.6 Å². The molecule has 0 bridgehead atoms. The molecule has 0 saturated carbocycles. The van der Waals surface area contributed by atoms with E-state index in [0.717, 1.165) is 21.1 Å². The van der Waals surface area contributed by atoms with E-state index < -0.39 is 0 Å². The summed E-state index contributed by atoms with van der Waals surface area (Å²) in [4.78, 5) is 0. The predicted molar refractivity (Wildman–Crippen MR) is 47.4 cm³/mol. The standard InChI is InChI=1S/C8H6BrN2/c1-5-6-3-2-4-7(9)8(6)11-10-5/h2-3H,1H3,(H,10,11). The second-order valence-electron chi connectivity index (χ2n) is 2.39. The van der Waals surface area contributed by atoms with Gasteiger partial charge in [0, 0.05) is 5.39 Å². The minimum Gasteiger partial charge on any atom is -0.276 e. The van der Waals surface area contributed by atoms with Crippen molar-refractivity contribution in [1.82, 2.24) is 10.2 Å². The lowest BCUT2D eigenvalue weighted by Gasteiger charge is -1.90. The Kier molecular flexibility index (Phi) is 1.46. The Morgan fingerprint density at radius 1 is 1.64 bits per heavy atom. The van der Waals surface area contributed by atoms with Gasteiger partial charge in [-0.3, -0.25) is 5.10 Å². The van der Waals surface area contributed by atoms with Crippen LogP contribution < -0.4 is 0 Å².